The molecule has 1 aliphatic carbocycles. The fourth-order valence-electron chi connectivity index (χ4n) is 0.369. The molecule has 1 fully saturated rings. The zero-order valence-corrected chi connectivity index (χ0v) is 3.77. The van der Waals surface area contributed by atoms with Gasteiger partial charge in [0.15, 0.2) is 0 Å². The first-order chi connectivity index (χ1) is 3.34. The molecule has 0 spiro atoms. The molecule has 1 radical (unpaired) electrons. The highest BCUT2D eigenvalue weighted by Gasteiger charge is 2.30. The van der Waals surface area contributed by atoms with Crippen LogP contribution < -0.4 is 5.48 Å². The first-order valence-electron chi connectivity index (χ1n) is 2.13. The first kappa shape index (κ1) is 4.59. The van der Waals surface area contributed by atoms with E-state index in [0.29, 0.717) is 0 Å². The molecular weight excluding hydrogens is 94.0 g/mol. The van der Waals surface area contributed by atoms with Crippen LogP contribution in [0.15, 0.2) is 0 Å². The summed E-state index contributed by atoms with van der Waals surface area (Å²) in [4.78, 5) is 10.2. The van der Waals surface area contributed by atoms with Crippen LogP contribution in [0, 0.1) is 5.92 Å². The lowest BCUT2D eigenvalue weighted by molar-refractivity contribution is -0.126. The fourth-order valence-corrected chi connectivity index (χ4v) is 0.369. The number of hydrogen-bond acceptors (Lipinski definition) is 2. The maximum atomic E-state index is 10.2. The van der Waals surface area contributed by atoms with E-state index in [0.717, 1.165) is 18.8 Å². The topological polar surface area (TPSA) is 49.3 Å². The molecule has 0 aliphatic heterocycles. The Morgan fingerprint density at radius 3 is 2.43 bits per heavy atom. The smallest absolute Gasteiger partial charge is 0.250 e. The molecule has 39 valence electrons. The minimum absolute atomic E-state index is 0.319. The zero-order chi connectivity index (χ0) is 5.28. The summed E-state index contributed by atoms with van der Waals surface area (Å²) in [5.74, 6) is 0.475. The van der Waals surface area contributed by atoms with Gasteiger partial charge in [0.05, 0.1) is 5.92 Å². The standard InChI is InChI=1S/C4H6NO2/c6-4(5-7)3-1-2-3/h7H,1-2H2,(H,5,6). The molecule has 3 heteroatoms. The van der Waals surface area contributed by atoms with E-state index in [2.05, 4.69) is 0 Å². The second kappa shape index (κ2) is 1.50. The Bertz CT molecular complexity index is 87.7. The lowest BCUT2D eigenvalue weighted by Gasteiger charge is -1.87. The molecule has 0 saturated heterocycles. The molecule has 0 atom stereocenters. The second-order valence-corrected chi connectivity index (χ2v) is 1.54. The van der Waals surface area contributed by atoms with Crippen LogP contribution in [-0.2, 0) is 4.79 Å². The van der Waals surface area contributed by atoms with Crippen LogP contribution in [0.3, 0.4) is 0 Å². The molecule has 0 aromatic heterocycles. The van der Waals surface area contributed by atoms with Crippen LogP contribution in [0.1, 0.15) is 12.8 Å². The molecule has 3 nitrogen and oxygen atoms in total. The largest absolute Gasteiger partial charge is 0.289 e. The van der Waals surface area contributed by atoms with E-state index >= 15 is 0 Å². The van der Waals surface area contributed by atoms with Gasteiger partial charge in [0, 0.05) is 0 Å². The van der Waals surface area contributed by atoms with Crippen molar-refractivity contribution in [3.63, 3.8) is 0 Å². The maximum absolute atomic E-state index is 10.2. The third-order valence-electron chi connectivity index (χ3n) is 0.923. The monoisotopic (exact) mass is 100 g/mol. The third-order valence-corrected chi connectivity index (χ3v) is 0.923. The Hall–Kier alpha value is -0.570. The quantitative estimate of drug-likeness (QED) is 0.356. The van der Waals surface area contributed by atoms with Crippen LogP contribution in [0.5, 0.6) is 0 Å². The van der Waals surface area contributed by atoms with E-state index in [1.54, 1.807) is 5.48 Å². The first-order valence-corrected chi connectivity index (χ1v) is 2.13. The van der Waals surface area contributed by atoms with Gasteiger partial charge in [0.1, 0.15) is 0 Å². The summed E-state index contributed by atoms with van der Waals surface area (Å²) in [5, 5.41) is 7.92. The van der Waals surface area contributed by atoms with Gasteiger partial charge in [-0.1, -0.05) is 0 Å². The summed E-state index contributed by atoms with van der Waals surface area (Å²) < 4.78 is 0. The van der Waals surface area contributed by atoms with E-state index in [1.807, 2.05) is 0 Å². The Morgan fingerprint density at radius 1 is 1.71 bits per heavy atom. The SMILES string of the molecule is O=C(NO)[C]1CC1. The number of nitrogens with one attached hydrogen (secondary N) is 1. The summed E-state index contributed by atoms with van der Waals surface area (Å²) in [6.07, 6.45) is 1.71. The van der Waals surface area contributed by atoms with E-state index in [1.165, 1.54) is 0 Å². The molecule has 1 saturated carbocycles. The highest BCUT2D eigenvalue weighted by molar-refractivity contribution is 5.92. The normalized spacial score (nSPS) is 19.0. The Balaban J connectivity index is 2.24. The van der Waals surface area contributed by atoms with E-state index in [-0.39, 0.29) is 5.91 Å². The fraction of sp³-hybridized carbons (Fsp3) is 0.500. The van der Waals surface area contributed by atoms with Gasteiger partial charge in [-0.25, -0.2) is 5.48 Å². The van der Waals surface area contributed by atoms with E-state index in [4.69, 9.17) is 5.21 Å². The molecule has 1 aliphatic rings. The van der Waals surface area contributed by atoms with Crippen molar-refractivity contribution < 1.29 is 10.0 Å². The average molecular weight is 100 g/mol. The lowest BCUT2D eigenvalue weighted by Crippen LogP contribution is -2.18. The Morgan fingerprint density at radius 2 is 2.29 bits per heavy atom. The van der Waals surface area contributed by atoms with Gasteiger partial charge >= 0.3 is 0 Å². The molecule has 2 N–H and O–H groups in total. The third kappa shape index (κ3) is 0.899. The van der Waals surface area contributed by atoms with Crippen molar-refractivity contribution in [2.75, 3.05) is 0 Å². The zero-order valence-electron chi connectivity index (χ0n) is 3.77. The maximum Gasteiger partial charge on any atom is 0.250 e. The van der Waals surface area contributed by atoms with Crippen molar-refractivity contribution in [1.29, 1.82) is 0 Å². The van der Waals surface area contributed by atoms with Crippen LogP contribution in [-0.4, -0.2) is 11.1 Å². The molecule has 0 unspecified atom stereocenters. The number of amides is 1. The minimum atomic E-state index is -0.319. The van der Waals surface area contributed by atoms with Gasteiger partial charge in [-0.3, -0.25) is 10.0 Å². The number of hydrogen-bond donors (Lipinski definition) is 2. The van der Waals surface area contributed by atoms with Gasteiger partial charge in [0.25, 0.3) is 5.91 Å². The molecule has 1 amide bonds. The number of rotatable bonds is 1. The Kier molecular flexibility index (Phi) is 0.982. The second-order valence-electron chi connectivity index (χ2n) is 1.54. The predicted molar refractivity (Wildman–Crippen MR) is 22.4 cm³/mol. The van der Waals surface area contributed by atoms with Crippen molar-refractivity contribution in [2.45, 2.75) is 12.8 Å². The lowest BCUT2D eigenvalue weighted by atomic mass is 10.4. The number of carbonyl (C=O) groups is 1. The van der Waals surface area contributed by atoms with Gasteiger partial charge in [0.2, 0.25) is 0 Å². The minimum Gasteiger partial charge on any atom is -0.289 e. The number of hydroxylamine groups is 1. The van der Waals surface area contributed by atoms with Crippen molar-refractivity contribution in [3.8, 4) is 0 Å². The predicted octanol–water partition coefficient (Wildman–Crippen LogP) is -0.140. The van der Waals surface area contributed by atoms with Crippen molar-refractivity contribution >= 4 is 5.91 Å². The highest BCUT2D eigenvalue weighted by Crippen LogP contribution is 2.31. The van der Waals surface area contributed by atoms with Gasteiger partial charge in [-0.2, -0.15) is 0 Å². The van der Waals surface area contributed by atoms with Crippen molar-refractivity contribution in [3.05, 3.63) is 5.92 Å². The molecule has 7 heavy (non-hydrogen) atoms. The molecular formula is C4H6NO2. The van der Waals surface area contributed by atoms with Crippen LogP contribution in [0.25, 0.3) is 0 Å². The summed E-state index contributed by atoms with van der Waals surface area (Å²) in [6.45, 7) is 0. The van der Waals surface area contributed by atoms with Gasteiger partial charge in [-0.15, -0.1) is 0 Å². The Labute approximate surface area is 41.3 Å². The van der Waals surface area contributed by atoms with Crippen LogP contribution in [0.2, 0.25) is 0 Å². The highest BCUT2D eigenvalue weighted by atomic mass is 16.5. The summed E-state index contributed by atoms with van der Waals surface area (Å²) in [5.41, 5.74) is 1.55. The molecule has 0 heterocycles. The van der Waals surface area contributed by atoms with Crippen molar-refractivity contribution in [1.82, 2.24) is 5.48 Å². The van der Waals surface area contributed by atoms with Crippen molar-refractivity contribution in [2.24, 2.45) is 0 Å². The van der Waals surface area contributed by atoms with E-state index in [9.17, 15) is 4.79 Å². The summed E-state index contributed by atoms with van der Waals surface area (Å²) in [7, 11) is 0. The number of carbonyl (C=O) groups excluding carboxylic acids is 1. The van der Waals surface area contributed by atoms with Gasteiger partial charge < -0.3 is 0 Å². The van der Waals surface area contributed by atoms with Crippen LogP contribution >= 0.6 is 0 Å². The van der Waals surface area contributed by atoms with Gasteiger partial charge in [-0.05, 0) is 12.8 Å². The summed E-state index contributed by atoms with van der Waals surface area (Å²) in [6, 6.07) is 0. The van der Waals surface area contributed by atoms with Crippen LogP contribution in [0.4, 0.5) is 0 Å². The summed E-state index contributed by atoms with van der Waals surface area (Å²) >= 11 is 0. The molecule has 0 aromatic carbocycles. The average Bonchev–Trinajstić information content (AvgIpc) is 2.44. The van der Waals surface area contributed by atoms with E-state index < -0.39 is 0 Å². The molecule has 0 bridgehead atoms. The molecule has 0 aromatic rings. The molecule has 1 rings (SSSR count).